The molecule has 4 aliphatic heterocycles. The number of aromatic hydroxyl groups is 2. The molecule has 1 spiro atoms. The zero-order chi connectivity index (χ0) is 36.6. The van der Waals surface area contributed by atoms with Gasteiger partial charge in [-0.2, -0.15) is 0 Å². The summed E-state index contributed by atoms with van der Waals surface area (Å²) in [6, 6.07) is 12.4. The molecule has 1 aromatic heterocycles. The summed E-state index contributed by atoms with van der Waals surface area (Å²) in [5.74, 6) is -3.83. The van der Waals surface area contributed by atoms with Crippen LogP contribution in [0.5, 0.6) is 11.5 Å². The highest BCUT2D eigenvalue weighted by atomic mass is 16.5. The zero-order valence-electron chi connectivity index (χ0n) is 28.4. The second-order valence-corrected chi connectivity index (χ2v) is 14.5. The van der Waals surface area contributed by atoms with E-state index in [-0.39, 0.29) is 46.3 Å². The third-order valence-corrected chi connectivity index (χ3v) is 11.7. The summed E-state index contributed by atoms with van der Waals surface area (Å²) in [6.45, 7) is 5.20. The van der Waals surface area contributed by atoms with Crippen molar-refractivity contribution >= 4 is 40.1 Å². The standard InChI is InChI=1S/C38H35N5O9/c1-16-18(3)52-25(27-26(16)17(2)29(44)28(30(27)45)34(48)49)14-22-31-39-21-10-6-4-8-19(21)33(47)42(31)24(32(46)40-22)15-38(51)20-9-5-7-11-23(20)43-35(38)41-37(12-13-37)36(43)50/h4-11,14,16,18,24-25,35,41,44-45,51H,12-13,15H2,1-3H3,(H,40,46)(H,48,49). The molecule has 2 fully saturated rings. The Morgan fingerprint density at radius 3 is 2.48 bits per heavy atom. The van der Waals surface area contributed by atoms with E-state index in [1.807, 2.05) is 6.92 Å². The molecule has 0 bridgehead atoms. The molecule has 5 heterocycles. The van der Waals surface area contributed by atoms with E-state index in [0.717, 1.165) is 0 Å². The number of carbonyl (C=O) groups excluding carboxylic acids is 2. The van der Waals surface area contributed by atoms with E-state index < -0.39 is 70.1 Å². The maximum atomic E-state index is 14.4. The number of aromatic nitrogens is 2. The number of phenols is 2. The van der Waals surface area contributed by atoms with Gasteiger partial charge in [-0.3, -0.25) is 29.2 Å². The summed E-state index contributed by atoms with van der Waals surface area (Å²) in [4.78, 5) is 60.9. The number of para-hydroxylation sites is 2. The molecular formula is C38H35N5O9. The van der Waals surface area contributed by atoms with Gasteiger partial charge in [0.25, 0.3) is 5.56 Å². The second kappa shape index (κ2) is 10.7. The number of hydrogen-bond acceptors (Lipinski definition) is 10. The maximum absolute atomic E-state index is 14.4. The van der Waals surface area contributed by atoms with Gasteiger partial charge in [0, 0.05) is 23.5 Å². The van der Waals surface area contributed by atoms with Gasteiger partial charge >= 0.3 is 5.97 Å². The Kier molecular flexibility index (Phi) is 6.67. The Hall–Kier alpha value is -5.57. The summed E-state index contributed by atoms with van der Waals surface area (Å²) in [5.41, 5.74) is -1.47. The lowest BCUT2D eigenvalue weighted by Gasteiger charge is -2.38. The maximum Gasteiger partial charge on any atom is 0.343 e. The molecule has 9 rings (SSSR count). The van der Waals surface area contributed by atoms with Crippen LogP contribution in [0.15, 0.2) is 59.4 Å². The fraction of sp³-hybridized carbons (Fsp3) is 0.342. The molecule has 0 radical (unpaired) electrons. The number of aromatic carboxylic acids is 1. The lowest BCUT2D eigenvalue weighted by Crippen LogP contribution is -2.53. The van der Waals surface area contributed by atoms with Crippen LogP contribution in [-0.2, 0) is 19.9 Å². The molecule has 14 nitrogen and oxygen atoms in total. The van der Waals surface area contributed by atoms with Crippen LogP contribution in [0, 0.1) is 6.92 Å². The molecule has 2 amide bonds. The minimum Gasteiger partial charge on any atom is -0.507 e. The molecule has 1 aliphatic carbocycles. The van der Waals surface area contributed by atoms with Crippen molar-refractivity contribution in [3.05, 3.63) is 98.6 Å². The van der Waals surface area contributed by atoms with Gasteiger partial charge < -0.3 is 30.5 Å². The highest BCUT2D eigenvalue weighted by Gasteiger charge is 2.67. The fourth-order valence-corrected chi connectivity index (χ4v) is 8.72. The van der Waals surface area contributed by atoms with E-state index >= 15 is 0 Å². The SMILES string of the molecule is Cc1c(O)c(C(=O)O)c(O)c2c1C(C)C(C)OC2C=C1NC(=O)C(CC2(O)c3ccccc3N3C(=O)C4(CC4)NC32)n2c1nc1ccccc1c2=O. The van der Waals surface area contributed by atoms with Crippen LogP contribution in [0.2, 0.25) is 0 Å². The first-order valence-electron chi connectivity index (χ1n) is 17.2. The Labute approximate surface area is 296 Å². The number of amides is 2. The van der Waals surface area contributed by atoms with E-state index in [2.05, 4.69) is 10.6 Å². The van der Waals surface area contributed by atoms with Crippen molar-refractivity contribution < 1.29 is 39.5 Å². The van der Waals surface area contributed by atoms with E-state index in [1.54, 1.807) is 67.3 Å². The van der Waals surface area contributed by atoms with Crippen molar-refractivity contribution in [1.82, 2.24) is 20.2 Å². The molecule has 52 heavy (non-hydrogen) atoms. The number of nitrogens with one attached hydrogen (secondary N) is 2. The molecule has 4 aromatic rings. The van der Waals surface area contributed by atoms with Crippen molar-refractivity contribution in [1.29, 1.82) is 0 Å². The number of ether oxygens (including phenoxy) is 1. The number of benzene rings is 3. The Balaban J connectivity index is 1.21. The monoisotopic (exact) mass is 705 g/mol. The van der Waals surface area contributed by atoms with E-state index in [0.29, 0.717) is 35.2 Å². The number of fused-ring (bicyclic) bond motifs is 6. The van der Waals surface area contributed by atoms with Crippen molar-refractivity contribution in [3.63, 3.8) is 0 Å². The van der Waals surface area contributed by atoms with Gasteiger partial charge in [-0.1, -0.05) is 37.3 Å². The van der Waals surface area contributed by atoms with Crippen molar-refractivity contribution in [2.75, 3.05) is 4.90 Å². The van der Waals surface area contributed by atoms with E-state index in [9.17, 15) is 39.6 Å². The number of hydrogen-bond donors (Lipinski definition) is 6. The lowest BCUT2D eigenvalue weighted by molar-refractivity contribution is -0.126. The largest absolute Gasteiger partial charge is 0.507 e. The van der Waals surface area contributed by atoms with Gasteiger partial charge in [-0.15, -0.1) is 0 Å². The molecule has 6 unspecified atom stereocenters. The van der Waals surface area contributed by atoms with Gasteiger partial charge in [0.2, 0.25) is 11.8 Å². The smallest absolute Gasteiger partial charge is 0.343 e. The summed E-state index contributed by atoms with van der Waals surface area (Å²) in [7, 11) is 0. The number of carboxylic acid groups (broad SMARTS) is 1. The first-order chi connectivity index (χ1) is 24.8. The lowest BCUT2D eigenvalue weighted by atomic mass is 9.81. The molecule has 6 N–H and O–H groups in total. The van der Waals surface area contributed by atoms with E-state index in [1.165, 1.54) is 10.6 Å². The Bertz CT molecular complexity index is 2400. The average molecular weight is 706 g/mol. The van der Waals surface area contributed by atoms with Crippen LogP contribution in [0.4, 0.5) is 5.69 Å². The first-order valence-corrected chi connectivity index (χ1v) is 17.2. The zero-order valence-corrected chi connectivity index (χ0v) is 28.4. The number of nitrogens with zero attached hydrogens (tertiary/aromatic N) is 3. The summed E-state index contributed by atoms with van der Waals surface area (Å²) < 4.78 is 7.57. The molecule has 6 atom stereocenters. The van der Waals surface area contributed by atoms with Crippen molar-refractivity contribution in [2.24, 2.45) is 0 Å². The van der Waals surface area contributed by atoms with Gasteiger partial charge in [0.05, 0.1) is 28.4 Å². The van der Waals surface area contributed by atoms with Gasteiger partial charge in [0.1, 0.15) is 46.5 Å². The molecule has 3 aromatic carbocycles. The normalized spacial score (nSPS) is 28.8. The van der Waals surface area contributed by atoms with Gasteiger partial charge in [-0.05, 0) is 62.1 Å². The number of carbonyl (C=O) groups is 3. The van der Waals surface area contributed by atoms with Gasteiger partial charge in [-0.25, -0.2) is 9.78 Å². The topological polar surface area (TPSA) is 204 Å². The van der Waals surface area contributed by atoms with E-state index in [4.69, 9.17) is 9.72 Å². The predicted octanol–water partition coefficient (Wildman–Crippen LogP) is 3.18. The second-order valence-electron chi connectivity index (χ2n) is 14.5. The number of aliphatic hydroxyl groups is 1. The van der Waals surface area contributed by atoms with Crippen LogP contribution >= 0.6 is 0 Å². The molecular weight excluding hydrogens is 670 g/mol. The molecule has 266 valence electrons. The highest BCUT2D eigenvalue weighted by molar-refractivity contribution is 6.07. The van der Waals surface area contributed by atoms with Crippen LogP contribution in [-0.4, -0.2) is 65.6 Å². The predicted molar refractivity (Wildman–Crippen MR) is 186 cm³/mol. The van der Waals surface area contributed by atoms with Gasteiger partial charge in [0.15, 0.2) is 5.82 Å². The third-order valence-electron chi connectivity index (χ3n) is 11.7. The number of anilines is 1. The third kappa shape index (κ3) is 4.19. The first kappa shape index (κ1) is 32.3. The van der Waals surface area contributed by atoms with Crippen LogP contribution < -0.4 is 21.1 Å². The molecule has 1 saturated heterocycles. The quantitative estimate of drug-likeness (QED) is 0.182. The average Bonchev–Trinajstić information content (AvgIpc) is 3.79. The highest BCUT2D eigenvalue weighted by Crippen LogP contribution is 2.55. The summed E-state index contributed by atoms with van der Waals surface area (Å²) >= 11 is 0. The molecule has 5 aliphatic rings. The van der Waals surface area contributed by atoms with Crippen LogP contribution in [0.25, 0.3) is 16.6 Å². The van der Waals surface area contributed by atoms with Crippen molar-refractivity contribution in [2.45, 2.75) is 81.5 Å². The molecule has 1 saturated carbocycles. The Morgan fingerprint density at radius 1 is 1.04 bits per heavy atom. The summed E-state index contributed by atoms with van der Waals surface area (Å²) in [6.07, 6.45) is -0.0491. The number of carboxylic acids is 1. The van der Waals surface area contributed by atoms with Crippen LogP contribution in [0.1, 0.15) is 89.6 Å². The van der Waals surface area contributed by atoms with Crippen LogP contribution in [0.3, 0.4) is 0 Å². The Morgan fingerprint density at radius 2 is 1.75 bits per heavy atom. The minimum atomic E-state index is -1.78. The minimum absolute atomic E-state index is 0.0547. The fourth-order valence-electron chi connectivity index (χ4n) is 8.72. The molecule has 14 heteroatoms. The van der Waals surface area contributed by atoms with Crippen molar-refractivity contribution in [3.8, 4) is 11.5 Å². The summed E-state index contributed by atoms with van der Waals surface area (Å²) in [5, 5.41) is 51.1. The number of rotatable bonds is 4.